The van der Waals surface area contributed by atoms with Crippen LogP contribution in [-0.4, -0.2) is 0 Å². The van der Waals surface area contributed by atoms with E-state index in [0.717, 1.165) is 29.2 Å². The van der Waals surface area contributed by atoms with Crippen LogP contribution in [0.2, 0.25) is 0 Å². The number of hydrogen-bond donors (Lipinski definition) is 0. The van der Waals surface area contributed by atoms with E-state index in [1.54, 1.807) is 0 Å². The molecule has 130 valence electrons. The Morgan fingerprint density at radius 1 is 0.833 bits per heavy atom. The molecule has 0 saturated heterocycles. The van der Waals surface area contributed by atoms with E-state index in [2.05, 4.69) is 25.1 Å². The van der Waals surface area contributed by atoms with Crippen LogP contribution in [0.4, 0.5) is 0 Å². The Kier molecular flexibility index (Phi) is 6.36. The molecule has 0 aromatic heterocycles. The third-order valence-corrected chi connectivity index (χ3v) is 6.69. The number of nitriles is 1. The van der Waals surface area contributed by atoms with Crippen molar-refractivity contribution in [1.29, 1.82) is 5.26 Å². The average Bonchev–Trinajstić information content (AvgIpc) is 2.64. The molecular weight excluding hydrogens is 290 g/mol. The fraction of sp³-hybridized carbons (Fsp3) is 0.696. The fourth-order valence-electron chi connectivity index (χ4n) is 5.20. The summed E-state index contributed by atoms with van der Waals surface area (Å²) in [5.74, 6) is 3.77. The Hall–Kier alpha value is -1.29. The topological polar surface area (TPSA) is 23.8 Å². The lowest BCUT2D eigenvalue weighted by atomic mass is 9.72. The van der Waals surface area contributed by atoms with E-state index < -0.39 is 0 Å². The summed E-state index contributed by atoms with van der Waals surface area (Å²) in [7, 11) is 0. The van der Waals surface area contributed by atoms with Crippen molar-refractivity contribution in [2.45, 2.75) is 83.5 Å². The lowest BCUT2D eigenvalue weighted by Gasteiger charge is -2.34. The first-order valence-corrected chi connectivity index (χ1v) is 10.3. The van der Waals surface area contributed by atoms with Gasteiger partial charge in [0.05, 0.1) is 11.6 Å². The van der Waals surface area contributed by atoms with Crippen molar-refractivity contribution in [3.63, 3.8) is 0 Å². The van der Waals surface area contributed by atoms with Gasteiger partial charge in [0.2, 0.25) is 0 Å². The monoisotopic (exact) mass is 323 g/mol. The predicted molar refractivity (Wildman–Crippen MR) is 101 cm³/mol. The van der Waals surface area contributed by atoms with Gasteiger partial charge in [-0.2, -0.15) is 5.26 Å². The van der Waals surface area contributed by atoms with Crippen molar-refractivity contribution in [2.75, 3.05) is 0 Å². The molecule has 2 aliphatic carbocycles. The highest BCUT2D eigenvalue weighted by Gasteiger charge is 2.27. The molecule has 0 N–H and O–H groups in total. The minimum atomic E-state index is 0.731. The highest BCUT2D eigenvalue weighted by Crippen LogP contribution is 2.41. The van der Waals surface area contributed by atoms with Gasteiger partial charge in [-0.3, -0.25) is 0 Å². The van der Waals surface area contributed by atoms with Gasteiger partial charge in [0.1, 0.15) is 0 Å². The van der Waals surface area contributed by atoms with Crippen LogP contribution in [0.25, 0.3) is 0 Å². The molecule has 0 atom stereocenters. The Morgan fingerprint density at radius 3 is 1.92 bits per heavy atom. The first kappa shape index (κ1) is 17.5. The minimum Gasteiger partial charge on any atom is -0.192 e. The third kappa shape index (κ3) is 4.62. The van der Waals surface area contributed by atoms with Gasteiger partial charge in [0, 0.05) is 0 Å². The van der Waals surface area contributed by atoms with Gasteiger partial charge in [-0.25, -0.2) is 0 Å². The van der Waals surface area contributed by atoms with Gasteiger partial charge in [-0.1, -0.05) is 57.6 Å². The lowest BCUT2D eigenvalue weighted by Crippen LogP contribution is -2.20. The smallest absolute Gasteiger partial charge is 0.0991 e. The van der Waals surface area contributed by atoms with Crippen molar-refractivity contribution >= 4 is 0 Å². The van der Waals surface area contributed by atoms with E-state index >= 15 is 0 Å². The summed E-state index contributed by atoms with van der Waals surface area (Å²) in [6, 6.07) is 10.5. The molecule has 0 unspecified atom stereocenters. The second-order valence-electron chi connectivity index (χ2n) is 8.36. The number of rotatable bonds is 5. The molecule has 0 radical (unpaired) electrons. The summed E-state index contributed by atoms with van der Waals surface area (Å²) in [6.07, 6.45) is 15.9. The SMILES string of the molecule is CCCC1CCC(CC2CCC(c3ccc(C#N)cc3)CC2)CC1. The largest absolute Gasteiger partial charge is 0.192 e. The van der Waals surface area contributed by atoms with E-state index in [4.69, 9.17) is 5.26 Å². The Labute approximate surface area is 148 Å². The molecular formula is C23H33N. The maximum Gasteiger partial charge on any atom is 0.0991 e. The molecule has 2 saturated carbocycles. The molecule has 24 heavy (non-hydrogen) atoms. The molecule has 1 aromatic carbocycles. The average molecular weight is 324 g/mol. The van der Waals surface area contributed by atoms with Crippen LogP contribution in [0, 0.1) is 29.1 Å². The highest BCUT2D eigenvalue weighted by atomic mass is 14.3. The molecule has 3 rings (SSSR count). The summed E-state index contributed by atoms with van der Waals surface area (Å²) in [4.78, 5) is 0. The van der Waals surface area contributed by atoms with Crippen LogP contribution >= 0.6 is 0 Å². The molecule has 2 fully saturated rings. The molecule has 0 spiro atoms. The van der Waals surface area contributed by atoms with Crippen LogP contribution in [0.3, 0.4) is 0 Å². The van der Waals surface area contributed by atoms with Crippen molar-refractivity contribution in [1.82, 2.24) is 0 Å². The Balaban J connectivity index is 1.41. The predicted octanol–water partition coefficient (Wildman–Crippen LogP) is 6.83. The zero-order chi connectivity index (χ0) is 16.8. The van der Waals surface area contributed by atoms with Crippen molar-refractivity contribution < 1.29 is 0 Å². The molecule has 0 heterocycles. The van der Waals surface area contributed by atoms with Gasteiger partial charge in [-0.15, -0.1) is 0 Å². The van der Waals surface area contributed by atoms with Gasteiger partial charge in [0.15, 0.2) is 0 Å². The second-order valence-corrected chi connectivity index (χ2v) is 8.36. The van der Waals surface area contributed by atoms with Crippen molar-refractivity contribution in [3.05, 3.63) is 35.4 Å². The summed E-state index contributed by atoms with van der Waals surface area (Å²) < 4.78 is 0. The molecule has 1 heteroatoms. The maximum atomic E-state index is 8.93. The van der Waals surface area contributed by atoms with E-state index in [1.165, 1.54) is 76.2 Å². The quantitative estimate of drug-likeness (QED) is 0.582. The van der Waals surface area contributed by atoms with Crippen LogP contribution in [0.5, 0.6) is 0 Å². The molecule has 0 aliphatic heterocycles. The lowest BCUT2D eigenvalue weighted by molar-refractivity contribution is 0.200. The third-order valence-electron chi connectivity index (χ3n) is 6.69. The number of hydrogen-bond acceptors (Lipinski definition) is 1. The number of benzene rings is 1. The zero-order valence-electron chi connectivity index (χ0n) is 15.3. The van der Waals surface area contributed by atoms with Crippen molar-refractivity contribution in [3.8, 4) is 6.07 Å². The van der Waals surface area contributed by atoms with E-state index in [0.29, 0.717) is 0 Å². The van der Waals surface area contributed by atoms with Crippen LogP contribution in [0.1, 0.15) is 94.6 Å². The molecule has 0 bridgehead atoms. The summed E-state index contributed by atoms with van der Waals surface area (Å²) in [5.41, 5.74) is 2.23. The second kappa shape index (κ2) is 8.70. The minimum absolute atomic E-state index is 0.731. The van der Waals surface area contributed by atoms with Crippen LogP contribution in [-0.2, 0) is 0 Å². The van der Waals surface area contributed by atoms with E-state index in [1.807, 2.05) is 12.1 Å². The molecule has 2 aliphatic rings. The van der Waals surface area contributed by atoms with Gasteiger partial charge < -0.3 is 0 Å². The van der Waals surface area contributed by atoms with E-state index in [9.17, 15) is 0 Å². The normalized spacial score (nSPS) is 30.7. The Morgan fingerprint density at radius 2 is 1.38 bits per heavy atom. The summed E-state index contributed by atoms with van der Waals surface area (Å²) in [5, 5.41) is 8.93. The molecule has 0 amide bonds. The molecule has 1 aromatic rings. The number of nitrogens with zero attached hydrogens (tertiary/aromatic N) is 1. The zero-order valence-corrected chi connectivity index (χ0v) is 15.3. The van der Waals surface area contributed by atoms with Gasteiger partial charge >= 0.3 is 0 Å². The Bertz CT molecular complexity index is 522. The first-order chi connectivity index (χ1) is 11.8. The fourth-order valence-corrected chi connectivity index (χ4v) is 5.20. The summed E-state index contributed by atoms with van der Waals surface area (Å²) in [6.45, 7) is 2.33. The molecule has 1 nitrogen and oxygen atoms in total. The van der Waals surface area contributed by atoms with Gasteiger partial charge in [-0.05, 0) is 73.5 Å². The van der Waals surface area contributed by atoms with Crippen molar-refractivity contribution in [2.24, 2.45) is 17.8 Å². The van der Waals surface area contributed by atoms with Crippen LogP contribution in [0.15, 0.2) is 24.3 Å². The first-order valence-electron chi connectivity index (χ1n) is 10.3. The summed E-state index contributed by atoms with van der Waals surface area (Å²) >= 11 is 0. The standard InChI is InChI=1S/C23H33N/c1-2-3-18-4-6-19(7-5-18)16-20-8-12-22(13-9-20)23-14-10-21(17-24)11-15-23/h10-11,14-15,18-20,22H,2-9,12-13,16H2,1H3. The van der Waals surface area contributed by atoms with Gasteiger partial charge in [0.25, 0.3) is 0 Å². The highest BCUT2D eigenvalue weighted by molar-refractivity contribution is 5.33. The van der Waals surface area contributed by atoms with Crippen LogP contribution < -0.4 is 0 Å². The maximum absolute atomic E-state index is 8.93. The van der Waals surface area contributed by atoms with E-state index in [-0.39, 0.29) is 0 Å².